The zero-order valence-corrected chi connectivity index (χ0v) is 13.5. The summed E-state index contributed by atoms with van der Waals surface area (Å²) in [6, 6.07) is 7.64. The minimum Gasteiger partial charge on any atom is -0.494 e. The Morgan fingerprint density at radius 1 is 1.30 bits per heavy atom. The number of rotatable bonds is 6. The van der Waals surface area contributed by atoms with Gasteiger partial charge in [-0.05, 0) is 31.2 Å². The van der Waals surface area contributed by atoms with Gasteiger partial charge in [0.05, 0.1) is 12.3 Å². The number of hydrogen-bond acceptors (Lipinski definition) is 6. The van der Waals surface area contributed by atoms with Crippen LogP contribution in [0.3, 0.4) is 0 Å². The van der Waals surface area contributed by atoms with Crippen LogP contribution in [0.2, 0.25) is 0 Å². The van der Waals surface area contributed by atoms with Crippen LogP contribution < -0.4 is 4.74 Å². The number of allylic oxidation sites excluding steroid dienone is 1. The third kappa shape index (κ3) is 3.84. The van der Waals surface area contributed by atoms with Crippen molar-refractivity contribution in [2.45, 2.75) is 13.3 Å². The van der Waals surface area contributed by atoms with Crippen LogP contribution in [0.15, 0.2) is 46.4 Å². The maximum atomic E-state index is 12.0. The number of benzene rings is 1. The van der Waals surface area contributed by atoms with E-state index < -0.39 is 5.97 Å². The zero-order chi connectivity index (χ0) is 16.1. The third-order valence-electron chi connectivity index (χ3n) is 3.19. The lowest BCUT2D eigenvalue weighted by atomic mass is 10.2. The molecule has 1 aliphatic rings. The van der Waals surface area contributed by atoms with Crippen molar-refractivity contribution in [1.29, 1.82) is 0 Å². The number of aromatic nitrogens is 1. The largest absolute Gasteiger partial charge is 0.494 e. The molecule has 1 aromatic carbocycles. The molecule has 3 rings (SSSR count). The summed E-state index contributed by atoms with van der Waals surface area (Å²) in [5.74, 6) is 0.388. The molecule has 0 aliphatic carbocycles. The molecule has 1 aliphatic heterocycles. The first-order valence-corrected chi connectivity index (χ1v) is 8.21. The highest BCUT2D eigenvalue weighted by molar-refractivity contribution is 7.13. The van der Waals surface area contributed by atoms with Gasteiger partial charge in [0.25, 0.3) is 0 Å². The van der Waals surface area contributed by atoms with E-state index in [1.807, 2.05) is 37.3 Å². The van der Waals surface area contributed by atoms with E-state index >= 15 is 0 Å². The number of nitrogens with zero attached hydrogens (tertiary/aromatic N) is 2. The maximum absolute atomic E-state index is 12.0. The van der Waals surface area contributed by atoms with Crippen LogP contribution in [0.1, 0.15) is 23.8 Å². The average molecular weight is 328 g/mol. The van der Waals surface area contributed by atoms with Crippen LogP contribution in [0.4, 0.5) is 0 Å². The van der Waals surface area contributed by atoms with E-state index in [-0.39, 0.29) is 6.61 Å². The molecule has 0 radical (unpaired) electrons. The van der Waals surface area contributed by atoms with Crippen molar-refractivity contribution in [3.8, 4) is 16.3 Å². The number of thiazole rings is 1. The number of ether oxygens (including phenoxy) is 2. The second kappa shape index (κ2) is 7.19. The van der Waals surface area contributed by atoms with Crippen LogP contribution in [0.25, 0.3) is 10.6 Å². The maximum Gasteiger partial charge on any atom is 0.358 e. The third-order valence-corrected chi connectivity index (χ3v) is 4.08. The van der Waals surface area contributed by atoms with E-state index in [9.17, 15) is 4.79 Å². The van der Waals surface area contributed by atoms with Gasteiger partial charge in [-0.2, -0.15) is 0 Å². The van der Waals surface area contributed by atoms with Gasteiger partial charge in [-0.3, -0.25) is 4.99 Å². The summed E-state index contributed by atoms with van der Waals surface area (Å²) in [5, 5.41) is 2.48. The molecular formula is C17H16N2O3S. The SMILES string of the molecule is CCOc1ccc(-c2nc(C(=O)OCC3=CCC=N3)cs2)cc1. The van der Waals surface area contributed by atoms with Crippen molar-refractivity contribution in [1.82, 2.24) is 4.98 Å². The van der Waals surface area contributed by atoms with Crippen LogP contribution in [0.5, 0.6) is 5.75 Å². The summed E-state index contributed by atoms with van der Waals surface area (Å²) < 4.78 is 10.6. The Balaban J connectivity index is 1.64. The molecule has 0 amide bonds. The number of carbonyl (C=O) groups excluding carboxylic acids is 1. The molecule has 0 unspecified atom stereocenters. The van der Waals surface area contributed by atoms with Gasteiger partial charge in [0.15, 0.2) is 5.69 Å². The first-order chi connectivity index (χ1) is 11.3. The lowest BCUT2D eigenvalue weighted by molar-refractivity contribution is 0.0533. The Kier molecular flexibility index (Phi) is 4.83. The standard InChI is InChI=1S/C17H16N2O3S/c1-2-21-14-7-5-12(6-8-14)16-19-15(11-23-16)17(20)22-10-13-4-3-9-18-13/h4-9,11H,2-3,10H2,1H3. The van der Waals surface area contributed by atoms with Crippen LogP contribution in [0, 0.1) is 0 Å². The summed E-state index contributed by atoms with van der Waals surface area (Å²) in [7, 11) is 0. The van der Waals surface area contributed by atoms with Crippen molar-refractivity contribution in [2.24, 2.45) is 4.99 Å². The van der Waals surface area contributed by atoms with Gasteiger partial charge in [0, 0.05) is 23.6 Å². The summed E-state index contributed by atoms with van der Waals surface area (Å²) in [6.45, 7) is 2.76. The van der Waals surface area contributed by atoms with Gasteiger partial charge in [-0.15, -0.1) is 11.3 Å². The highest BCUT2D eigenvalue weighted by atomic mass is 32.1. The predicted octanol–water partition coefficient (Wildman–Crippen LogP) is 3.72. The predicted molar refractivity (Wildman–Crippen MR) is 90.2 cm³/mol. The van der Waals surface area contributed by atoms with Gasteiger partial charge in [0.2, 0.25) is 0 Å². The van der Waals surface area contributed by atoms with Crippen molar-refractivity contribution in [3.05, 3.63) is 47.1 Å². The van der Waals surface area contributed by atoms with E-state index in [1.165, 1.54) is 11.3 Å². The molecule has 2 heterocycles. The normalized spacial score (nSPS) is 13.0. The van der Waals surface area contributed by atoms with Crippen molar-refractivity contribution in [2.75, 3.05) is 13.2 Å². The molecule has 23 heavy (non-hydrogen) atoms. The fraction of sp³-hybridized carbons (Fsp3) is 0.235. The van der Waals surface area contributed by atoms with Crippen molar-refractivity contribution >= 4 is 23.5 Å². The van der Waals surface area contributed by atoms with Crippen LogP contribution in [-0.2, 0) is 4.74 Å². The Bertz CT molecular complexity index is 747. The van der Waals surface area contributed by atoms with Gasteiger partial charge < -0.3 is 9.47 Å². The minimum atomic E-state index is -0.429. The van der Waals surface area contributed by atoms with Gasteiger partial charge >= 0.3 is 5.97 Å². The Labute approximate surface area is 138 Å². The number of carbonyl (C=O) groups is 1. The van der Waals surface area contributed by atoms with Gasteiger partial charge in [0.1, 0.15) is 17.4 Å². The molecule has 5 nitrogen and oxygen atoms in total. The van der Waals surface area contributed by atoms with Gasteiger partial charge in [-0.25, -0.2) is 9.78 Å². The number of esters is 1. The molecule has 0 N–H and O–H groups in total. The molecule has 0 saturated heterocycles. The second-order valence-electron chi connectivity index (χ2n) is 4.81. The molecule has 0 fully saturated rings. The molecule has 118 valence electrons. The molecule has 1 aromatic heterocycles. The smallest absolute Gasteiger partial charge is 0.358 e. The molecule has 6 heteroatoms. The monoisotopic (exact) mass is 328 g/mol. The first kappa shape index (κ1) is 15.4. The highest BCUT2D eigenvalue weighted by Crippen LogP contribution is 2.26. The van der Waals surface area contributed by atoms with Crippen LogP contribution >= 0.6 is 11.3 Å². The molecular weight excluding hydrogens is 312 g/mol. The van der Waals surface area contributed by atoms with Gasteiger partial charge in [-0.1, -0.05) is 6.08 Å². The highest BCUT2D eigenvalue weighted by Gasteiger charge is 2.14. The Hall–Kier alpha value is -2.47. The summed E-state index contributed by atoms with van der Waals surface area (Å²) >= 11 is 1.41. The fourth-order valence-electron chi connectivity index (χ4n) is 2.08. The molecule has 0 saturated carbocycles. The van der Waals surface area contributed by atoms with Crippen LogP contribution in [-0.4, -0.2) is 30.4 Å². The van der Waals surface area contributed by atoms with E-state index in [0.29, 0.717) is 12.3 Å². The van der Waals surface area contributed by atoms with E-state index in [0.717, 1.165) is 28.4 Å². The topological polar surface area (TPSA) is 60.8 Å². The number of aliphatic imine (C=N–C) groups is 1. The quantitative estimate of drug-likeness (QED) is 0.758. The first-order valence-electron chi connectivity index (χ1n) is 7.33. The lowest BCUT2D eigenvalue weighted by Gasteiger charge is -2.03. The summed E-state index contributed by atoms with van der Waals surface area (Å²) in [4.78, 5) is 20.5. The molecule has 0 spiro atoms. The zero-order valence-electron chi connectivity index (χ0n) is 12.7. The van der Waals surface area contributed by atoms with Crippen molar-refractivity contribution in [3.63, 3.8) is 0 Å². The Morgan fingerprint density at radius 3 is 2.83 bits per heavy atom. The van der Waals surface area contributed by atoms with E-state index in [1.54, 1.807) is 11.6 Å². The molecule has 2 aromatic rings. The second-order valence-corrected chi connectivity index (χ2v) is 5.67. The summed E-state index contributed by atoms with van der Waals surface area (Å²) in [6.07, 6.45) is 4.52. The van der Waals surface area contributed by atoms with E-state index in [2.05, 4.69) is 9.98 Å². The van der Waals surface area contributed by atoms with Crippen molar-refractivity contribution < 1.29 is 14.3 Å². The fourth-order valence-corrected chi connectivity index (χ4v) is 2.88. The molecule has 0 bridgehead atoms. The Morgan fingerprint density at radius 2 is 2.13 bits per heavy atom. The number of hydrogen-bond donors (Lipinski definition) is 0. The van der Waals surface area contributed by atoms with E-state index in [4.69, 9.17) is 9.47 Å². The average Bonchev–Trinajstić information content (AvgIpc) is 3.25. The minimum absolute atomic E-state index is 0.186. The summed E-state index contributed by atoms with van der Waals surface area (Å²) in [5.41, 5.74) is 2.04. The lowest BCUT2D eigenvalue weighted by Crippen LogP contribution is -2.07. The molecule has 0 atom stereocenters.